The number of rotatable bonds is 9. The van der Waals surface area contributed by atoms with Crippen LogP contribution in [0.5, 0.6) is 0 Å². The number of aromatic carboxylic acids is 1. The summed E-state index contributed by atoms with van der Waals surface area (Å²) in [5, 5.41) is 10.6. The lowest BCUT2D eigenvalue weighted by Crippen LogP contribution is -3.11. The van der Waals surface area contributed by atoms with E-state index < -0.39 is 16.0 Å². The van der Waals surface area contributed by atoms with Gasteiger partial charge in [0.2, 0.25) is 10.0 Å². The Kier molecular flexibility index (Phi) is 6.80. The lowest BCUT2D eigenvalue weighted by molar-refractivity contribution is -0.896. The minimum Gasteiger partial charge on any atom is -0.545 e. The maximum Gasteiger partial charge on any atom is 0.240 e. The van der Waals surface area contributed by atoms with E-state index in [-0.39, 0.29) is 10.5 Å². The molecule has 0 spiro atoms. The second-order valence-corrected chi connectivity index (χ2v) is 6.54. The van der Waals surface area contributed by atoms with Crippen LogP contribution in [0.3, 0.4) is 0 Å². The fraction of sp³-hybridized carbons (Fsp3) is 0.500. The van der Waals surface area contributed by atoms with Gasteiger partial charge in [-0.3, -0.25) is 0 Å². The third kappa shape index (κ3) is 5.45. The number of benzene rings is 1. The molecule has 0 radical (unpaired) electrons. The Morgan fingerprint density at radius 3 is 2.24 bits per heavy atom. The maximum absolute atomic E-state index is 12.0. The average molecular weight is 314 g/mol. The Hall–Kier alpha value is -1.44. The van der Waals surface area contributed by atoms with Crippen molar-refractivity contribution in [3.8, 4) is 0 Å². The fourth-order valence-electron chi connectivity index (χ4n) is 2.00. The van der Waals surface area contributed by atoms with Gasteiger partial charge in [0.05, 0.1) is 30.5 Å². The Balaban J connectivity index is 2.55. The van der Waals surface area contributed by atoms with Gasteiger partial charge in [-0.05, 0) is 31.5 Å². The zero-order valence-electron chi connectivity index (χ0n) is 12.4. The standard InChI is InChI=1S/C14H22N2O4S/c1-3-16(4-2)11-5-10-15-21(19,20)13-8-6-12(7-9-13)14(17)18/h6-9,15H,3-5,10-11H2,1-2H3,(H,17,18). The summed E-state index contributed by atoms with van der Waals surface area (Å²) in [5.41, 5.74) is -0.0425. The number of carboxylic acids is 1. The number of carbonyl (C=O) groups is 1. The van der Waals surface area contributed by atoms with Crippen LogP contribution in [0.2, 0.25) is 0 Å². The van der Waals surface area contributed by atoms with E-state index in [1.807, 2.05) is 0 Å². The molecule has 7 heteroatoms. The number of hydrogen-bond donors (Lipinski definition) is 2. The van der Waals surface area contributed by atoms with Crippen LogP contribution in [-0.2, 0) is 10.0 Å². The predicted octanol–water partition coefficient (Wildman–Crippen LogP) is -1.36. The Bertz CT molecular complexity index is 551. The molecule has 0 saturated carbocycles. The number of nitrogens with one attached hydrogen (secondary N) is 2. The molecule has 2 N–H and O–H groups in total. The summed E-state index contributed by atoms with van der Waals surface area (Å²) in [7, 11) is -3.59. The average Bonchev–Trinajstić information content (AvgIpc) is 2.47. The van der Waals surface area contributed by atoms with Crippen LogP contribution in [0.1, 0.15) is 30.6 Å². The molecule has 0 saturated heterocycles. The van der Waals surface area contributed by atoms with Gasteiger partial charge in [-0.25, -0.2) is 13.1 Å². The number of sulfonamides is 1. The van der Waals surface area contributed by atoms with E-state index in [4.69, 9.17) is 0 Å². The quantitative estimate of drug-likeness (QED) is 0.551. The minimum atomic E-state index is -3.59. The number of carboxylic acid groups (broad SMARTS) is 1. The third-order valence-electron chi connectivity index (χ3n) is 3.40. The van der Waals surface area contributed by atoms with Crippen LogP contribution < -0.4 is 14.7 Å². The molecule has 21 heavy (non-hydrogen) atoms. The van der Waals surface area contributed by atoms with Crippen molar-refractivity contribution in [2.24, 2.45) is 0 Å². The molecule has 118 valence electrons. The summed E-state index contributed by atoms with van der Waals surface area (Å²) in [6, 6.07) is 4.99. The van der Waals surface area contributed by atoms with E-state index in [1.165, 1.54) is 29.2 Å². The molecule has 1 rings (SSSR count). The first-order chi connectivity index (χ1) is 9.90. The van der Waals surface area contributed by atoms with Gasteiger partial charge >= 0.3 is 0 Å². The summed E-state index contributed by atoms with van der Waals surface area (Å²) in [4.78, 5) is 12.1. The van der Waals surface area contributed by atoms with Crippen LogP contribution in [-0.4, -0.2) is 40.6 Å². The van der Waals surface area contributed by atoms with Crippen molar-refractivity contribution in [2.75, 3.05) is 26.2 Å². The zero-order chi connectivity index (χ0) is 15.9. The first kappa shape index (κ1) is 17.6. The summed E-state index contributed by atoms with van der Waals surface area (Å²) in [6.07, 6.45) is 0.757. The molecule has 0 aliphatic heterocycles. The van der Waals surface area contributed by atoms with Gasteiger partial charge < -0.3 is 14.8 Å². The highest BCUT2D eigenvalue weighted by Gasteiger charge is 2.13. The summed E-state index contributed by atoms with van der Waals surface area (Å²) < 4.78 is 26.6. The van der Waals surface area contributed by atoms with Crippen molar-refractivity contribution in [1.82, 2.24) is 4.72 Å². The number of hydrogen-bond acceptors (Lipinski definition) is 4. The number of carbonyl (C=O) groups excluding carboxylic acids is 1. The molecule has 0 fully saturated rings. The van der Waals surface area contributed by atoms with Gasteiger partial charge in [-0.15, -0.1) is 0 Å². The third-order valence-corrected chi connectivity index (χ3v) is 4.88. The molecule has 0 bridgehead atoms. The summed E-state index contributed by atoms with van der Waals surface area (Å²) in [5.74, 6) is -1.32. The van der Waals surface area contributed by atoms with Gasteiger partial charge in [-0.2, -0.15) is 0 Å². The normalized spacial score (nSPS) is 11.8. The summed E-state index contributed by atoms with van der Waals surface area (Å²) in [6.45, 7) is 7.53. The van der Waals surface area contributed by atoms with Gasteiger partial charge in [0.25, 0.3) is 0 Å². The van der Waals surface area contributed by atoms with Gasteiger partial charge in [0.1, 0.15) is 0 Å². The highest BCUT2D eigenvalue weighted by atomic mass is 32.2. The smallest absolute Gasteiger partial charge is 0.240 e. The first-order valence-corrected chi connectivity index (χ1v) is 8.53. The van der Waals surface area contributed by atoms with Crippen LogP contribution >= 0.6 is 0 Å². The van der Waals surface area contributed by atoms with Crippen LogP contribution in [0.25, 0.3) is 0 Å². The van der Waals surface area contributed by atoms with E-state index in [0.29, 0.717) is 6.54 Å². The molecule has 1 aromatic carbocycles. The lowest BCUT2D eigenvalue weighted by atomic mass is 10.2. The zero-order valence-corrected chi connectivity index (χ0v) is 13.2. The van der Waals surface area contributed by atoms with Gasteiger partial charge in [0, 0.05) is 13.0 Å². The molecule has 0 aromatic heterocycles. The largest absolute Gasteiger partial charge is 0.545 e. The topological polar surface area (TPSA) is 90.7 Å². The molecule has 0 aliphatic rings. The van der Waals surface area contributed by atoms with E-state index in [1.54, 1.807) is 0 Å². The van der Waals surface area contributed by atoms with Gasteiger partial charge in [-0.1, -0.05) is 12.1 Å². The maximum atomic E-state index is 12.0. The lowest BCUT2D eigenvalue weighted by Gasteiger charge is -2.15. The van der Waals surface area contributed by atoms with Crippen molar-refractivity contribution >= 4 is 16.0 Å². The minimum absolute atomic E-state index is 0.0425. The molecular weight excluding hydrogens is 292 g/mol. The first-order valence-electron chi connectivity index (χ1n) is 7.05. The van der Waals surface area contributed by atoms with Crippen LogP contribution in [0.4, 0.5) is 0 Å². The Labute approximate surface area is 125 Å². The molecule has 0 unspecified atom stereocenters. The van der Waals surface area contributed by atoms with Crippen molar-refractivity contribution in [3.05, 3.63) is 29.8 Å². The second kappa shape index (κ2) is 8.11. The second-order valence-electron chi connectivity index (χ2n) is 4.77. The molecule has 0 heterocycles. The molecule has 0 aliphatic carbocycles. The van der Waals surface area contributed by atoms with Gasteiger partial charge in [0.15, 0.2) is 0 Å². The molecule has 0 amide bonds. The van der Waals surface area contributed by atoms with Crippen molar-refractivity contribution in [1.29, 1.82) is 0 Å². The predicted molar refractivity (Wildman–Crippen MR) is 77.5 cm³/mol. The van der Waals surface area contributed by atoms with E-state index >= 15 is 0 Å². The van der Waals surface area contributed by atoms with Crippen molar-refractivity contribution in [2.45, 2.75) is 25.2 Å². The Morgan fingerprint density at radius 2 is 1.76 bits per heavy atom. The van der Waals surface area contributed by atoms with E-state index in [0.717, 1.165) is 26.1 Å². The Morgan fingerprint density at radius 1 is 1.19 bits per heavy atom. The van der Waals surface area contributed by atoms with E-state index in [2.05, 4.69) is 18.6 Å². The highest BCUT2D eigenvalue weighted by molar-refractivity contribution is 7.89. The van der Waals surface area contributed by atoms with Crippen molar-refractivity contribution < 1.29 is 23.2 Å². The van der Waals surface area contributed by atoms with Crippen molar-refractivity contribution in [3.63, 3.8) is 0 Å². The van der Waals surface area contributed by atoms with E-state index in [9.17, 15) is 18.3 Å². The molecule has 6 nitrogen and oxygen atoms in total. The summed E-state index contributed by atoms with van der Waals surface area (Å²) >= 11 is 0. The molecule has 0 atom stereocenters. The fourth-order valence-corrected chi connectivity index (χ4v) is 3.08. The molecular formula is C14H22N2O4S. The number of quaternary nitrogens is 1. The van der Waals surface area contributed by atoms with Crippen LogP contribution in [0.15, 0.2) is 29.2 Å². The molecule has 1 aromatic rings. The monoisotopic (exact) mass is 314 g/mol. The SMILES string of the molecule is CC[NH+](CC)CCCNS(=O)(=O)c1ccc(C(=O)[O-])cc1. The van der Waals surface area contributed by atoms with Crippen LogP contribution in [0, 0.1) is 0 Å². The highest BCUT2D eigenvalue weighted by Crippen LogP contribution is 2.09.